The molecule has 0 saturated heterocycles. The summed E-state index contributed by atoms with van der Waals surface area (Å²) in [6, 6.07) is 5.28. The minimum absolute atomic E-state index is 0.0217. The number of nitrogens with two attached hydrogens (primary N) is 1. The molecule has 2 aromatic heterocycles. The number of hydrogen-bond donors (Lipinski definition) is 1. The number of nitrogen functional groups attached to an aromatic ring is 1. The first-order chi connectivity index (χ1) is 10.0. The fourth-order valence-corrected chi connectivity index (χ4v) is 1.84. The highest BCUT2D eigenvalue weighted by Crippen LogP contribution is 2.14. The molecule has 0 saturated carbocycles. The van der Waals surface area contributed by atoms with Crippen molar-refractivity contribution in [1.29, 1.82) is 0 Å². The van der Waals surface area contributed by atoms with E-state index in [9.17, 15) is 4.79 Å². The first-order valence-corrected chi connectivity index (χ1v) is 6.46. The predicted molar refractivity (Wildman–Crippen MR) is 76.7 cm³/mol. The van der Waals surface area contributed by atoms with Crippen LogP contribution < -0.4 is 10.5 Å². The molecule has 0 unspecified atom stereocenters. The number of nitrogens with zero attached hydrogens (tertiary/aromatic N) is 3. The van der Waals surface area contributed by atoms with E-state index in [1.807, 2.05) is 6.92 Å². The maximum absolute atomic E-state index is 11.8. The Kier molecular flexibility index (Phi) is 4.42. The summed E-state index contributed by atoms with van der Waals surface area (Å²) in [6.45, 7) is 3.72. The van der Waals surface area contributed by atoms with E-state index >= 15 is 0 Å². The quantitative estimate of drug-likeness (QED) is 0.833. The average molecular weight is 290 g/mol. The summed E-state index contributed by atoms with van der Waals surface area (Å²) in [5.41, 5.74) is 8.49. The van der Waals surface area contributed by atoms with Gasteiger partial charge in [0.05, 0.1) is 29.9 Å². The Hall–Kier alpha value is -2.57. The molecular formula is C14H18N4O3. The zero-order valence-electron chi connectivity index (χ0n) is 12.3. The second-order valence-electron chi connectivity index (χ2n) is 4.57. The highest BCUT2D eigenvalue weighted by molar-refractivity contribution is 5.69. The standard InChI is InChI=1S/C14H18N4O3/c1-9-14(15)10(2)18(17-9)7-13(19)21-8-11-5-4-6-12(16-11)20-3/h4-6H,7-8,15H2,1-3H3. The molecular weight excluding hydrogens is 272 g/mol. The molecule has 2 rings (SSSR count). The number of aryl methyl sites for hydroxylation is 1. The first kappa shape index (κ1) is 14.8. The van der Waals surface area contributed by atoms with Crippen molar-refractivity contribution in [2.45, 2.75) is 27.0 Å². The lowest BCUT2D eigenvalue weighted by Gasteiger charge is -2.07. The minimum atomic E-state index is -0.398. The lowest BCUT2D eigenvalue weighted by molar-refractivity contribution is -0.146. The van der Waals surface area contributed by atoms with E-state index in [1.165, 1.54) is 11.8 Å². The maximum Gasteiger partial charge on any atom is 0.328 e. The monoisotopic (exact) mass is 290 g/mol. The Morgan fingerprint density at radius 3 is 2.76 bits per heavy atom. The van der Waals surface area contributed by atoms with Crippen LogP contribution in [-0.4, -0.2) is 27.8 Å². The summed E-state index contributed by atoms with van der Waals surface area (Å²) >= 11 is 0. The van der Waals surface area contributed by atoms with Gasteiger partial charge in [-0.1, -0.05) is 6.07 Å². The number of carbonyl (C=O) groups excluding carboxylic acids is 1. The molecule has 0 radical (unpaired) electrons. The Morgan fingerprint density at radius 1 is 1.38 bits per heavy atom. The van der Waals surface area contributed by atoms with Crippen molar-refractivity contribution < 1.29 is 14.3 Å². The number of esters is 1. The van der Waals surface area contributed by atoms with Gasteiger partial charge in [0.25, 0.3) is 0 Å². The van der Waals surface area contributed by atoms with Gasteiger partial charge >= 0.3 is 5.97 Å². The normalized spacial score (nSPS) is 10.4. The second kappa shape index (κ2) is 6.25. The lowest BCUT2D eigenvalue weighted by Crippen LogP contribution is -2.16. The van der Waals surface area contributed by atoms with Crippen molar-refractivity contribution in [1.82, 2.24) is 14.8 Å². The molecule has 2 N–H and O–H groups in total. The van der Waals surface area contributed by atoms with Crippen molar-refractivity contribution in [2.24, 2.45) is 0 Å². The number of anilines is 1. The van der Waals surface area contributed by atoms with E-state index in [0.29, 0.717) is 23.0 Å². The fourth-order valence-electron chi connectivity index (χ4n) is 1.84. The summed E-state index contributed by atoms with van der Waals surface area (Å²) in [4.78, 5) is 16.0. The third-order valence-electron chi connectivity index (χ3n) is 3.09. The Balaban J connectivity index is 1.94. The Morgan fingerprint density at radius 2 is 2.14 bits per heavy atom. The number of rotatable bonds is 5. The van der Waals surface area contributed by atoms with Crippen LogP contribution in [0.4, 0.5) is 5.69 Å². The molecule has 0 atom stereocenters. The third kappa shape index (κ3) is 3.50. The number of aromatic nitrogens is 3. The molecule has 0 aliphatic carbocycles. The molecule has 2 heterocycles. The highest BCUT2D eigenvalue weighted by atomic mass is 16.5. The van der Waals surface area contributed by atoms with Crippen LogP contribution in [0.5, 0.6) is 5.88 Å². The SMILES string of the molecule is COc1cccc(COC(=O)Cn2nc(C)c(N)c2C)n1. The summed E-state index contributed by atoms with van der Waals surface area (Å²) < 4.78 is 11.7. The number of hydrogen-bond acceptors (Lipinski definition) is 6. The van der Waals surface area contributed by atoms with Crippen LogP contribution in [0.2, 0.25) is 0 Å². The summed E-state index contributed by atoms with van der Waals surface area (Å²) in [5.74, 6) is 0.0834. The Labute approximate surface area is 122 Å². The van der Waals surface area contributed by atoms with E-state index in [4.69, 9.17) is 15.2 Å². The molecule has 0 amide bonds. The second-order valence-corrected chi connectivity index (χ2v) is 4.57. The molecule has 0 spiro atoms. The molecule has 7 nitrogen and oxygen atoms in total. The third-order valence-corrected chi connectivity index (χ3v) is 3.09. The van der Waals surface area contributed by atoms with Crippen LogP contribution in [0.3, 0.4) is 0 Å². The van der Waals surface area contributed by atoms with E-state index in [1.54, 1.807) is 25.1 Å². The summed E-state index contributed by atoms with van der Waals surface area (Å²) in [6.07, 6.45) is 0. The topological polar surface area (TPSA) is 92.3 Å². The Bertz CT molecular complexity index is 652. The fraction of sp³-hybridized carbons (Fsp3) is 0.357. The van der Waals surface area contributed by atoms with E-state index in [-0.39, 0.29) is 13.2 Å². The van der Waals surface area contributed by atoms with Gasteiger partial charge < -0.3 is 15.2 Å². The summed E-state index contributed by atoms with van der Waals surface area (Å²) in [7, 11) is 1.53. The van der Waals surface area contributed by atoms with Crippen LogP contribution in [0.1, 0.15) is 17.1 Å². The number of methoxy groups -OCH3 is 1. The largest absolute Gasteiger partial charge is 0.481 e. The lowest BCUT2D eigenvalue weighted by atomic mass is 10.3. The van der Waals surface area contributed by atoms with Crippen LogP contribution in [0.25, 0.3) is 0 Å². The van der Waals surface area contributed by atoms with Gasteiger partial charge in [-0.25, -0.2) is 4.98 Å². The van der Waals surface area contributed by atoms with Crippen molar-refractivity contribution in [2.75, 3.05) is 12.8 Å². The number of pyridine rings is 1. The smallest absolute Gasteiger partial charge is 0.328 e. The predicted octanol–water partition coefficient (Wildman–Crippen LogP) is 1.23. The first-order valence-electron chi connectivity index (χ1n) is 6.46. The molecule has 0 bridgehead atoms. The molecule has 0 aromatic carbocycles. The van der Waals surface area contributed by atoms with E-state index in [2.05, 4.69) is 10.1 Å². The van der Waals surface area contributed by atoms with Crippen molar-refractivity contribution in [3.05, 3.63) is 35.3 Å². The van der Waals surface area contributed by atoms with Gasteiger partial charge in [-0.05, 0) is 19.9 Å². The molecule has 112 valence electrons. The molecule has 0 aliphatic heterocycles. The maximum atomic E-state index is 11.8. The van der Waals surface area contributed by atoms with Crippen LogP contribution >= 0.6 is 0 Å². The number of ether oxygens (including phenoxy) is 2. The van der Waals surface area contributed by atoms with Gasteiger partial charge in [-0.15, -0.1) is 0 Å². The highest BCUT2D eigenvalue weighted by Gasteiger charge is 2.12. The molecule has 7 heteroatoms. The van der Waals surface area contributed by atoms with Crippen LogP contribution in [0, 0.1) is 13.8 Å². The van der Waals surface area contributed by atoms with Crippen molar-refractivity contribution >= 4 is 11.7 Å². The zero-order valence-corrected chi connectivity index (χ0v) is 12.3. The van der Waals surface area contributed by atoms with Crippen molar-refractivity contribution in [3.63, 3.8) is 0 Å². The molecule has 0 aliphatic rings. The number of carbonyl (C=O) groups is 1. The van der Waals surface area contributed by atoms with E-state index in [0.717, 1.165) is 5.69 Å². The van der Waals surface area contributed by atoms with Gasteiger partial charge in [0.1, 0.15) is 13.2 Å². The van der Waals surface area contributed by atoms with Gasteiger partial charge in [-0.2, -0.15) is 5.10 Å². The van der Waals surface area contributed by atoms with E-state index < -0.39 is 5.97 Å². The van der Waals surface area contributed by atoms with Gasteiger partial charge in [0.2, 0.25) is 5.88 Å². The van der Waals surface area contributed by atoms with Gasteiger partial charge in [-0.3, -0.25) is 9.48 Å². The minimum Gasteiger partial charge on any atom is -0.481 e. The van der Waals surface area contributed by atoms with Crippen molar-refractivity contribution in [3.8, 4) is 5.88 Å². The average Bonchev–Trinajstić information content (AvgIpc) is 2.72. The van der Waals surface area contributed by atoms with Gasteiger partial charge in [0.15, 0.2) is 0 Å². The van der Waals surface area contributed by atoms with Gasteiger partial charge in [0, 0.05) is 6.07 Å². The summed E-state index contributed by atoms with van der Waals surface area (Å²) in [5, 5.41) is 4.19. The molecule has 2 aromatic rings. The zero-order chi connectivity index (χ0) is 15.4. The van der Waals surface area contributed by atoms with Crippen LogP contribution in [0.15, 0.2) is 18.2 Å². The molecule has 21 heavy (non-hydrogen) atoms. The van der Waals surface area contributed by atoms with Crippen LogP contribution in [-0.2, 0) is 22.7 Å². The molecule has 0 fully saturated rings.